The maximum atomic E-state index is 11.1. The maximum absolute atomic E-state index is 11.1. The second kappa shape index (κ2) is 5.10. The molecule has 0 bridgehead atoms. The van der Waals surface area contributed by atoms with Crippen LogP contribution in [-0.2, 0) is 4.74 Å². The highest BCUT2D eigenvalue weighted by Gasteiger charge is 2.30. The van der Waals surface area contributed by atoms with Crippen molar-refractivity contribution in [2.24, 2.45) is 0 Å². The average molecular weight is 213 g/mol. The molecule has 1 aliphatic carbocycles. The van der Waals surface area contributed by atoms with E-state index in [0.717, 1.165) is 4.88 Å². The molecular formula is C10H15NO2S. The van der Waals surface area contributed by atoms with Gasteiger partial charge < -0.3 is 4.74 Å². The van der Waals surface area contributed by atoms with Crippen molar-refractivity contribution in [3.05, 3.63) is 16.1 Å². The summed E-state index contributed by atoms with van der Waals surface area (Å²) in [4.78, 5) is 16.2. The van der Waals surface area contributed by atoms with Gasteiger partial charge in [-0.2, -0.15) is 0 Å². The lowest BCUT2D eigenvalue weighted by Gasteiger charge is -1.96. The van der Waals surface area contributed by atoms with E-state index in [1.807, 2.05) is 13.8 Å². The molecule has 1 aliphatic rings. The standard InChI is InChI=1S/C8H9NO2S.C2H6/c1-11-8(10)6-7(5-2-3-5)12-4-9-6;1-2/h4-5H,2-3H2,1H3;1-2H3. The third-order valence-electron chi connectivity index (χ3n) is 1.92. The molecule has 2 rings (SSSR count). The Hall–Kier alpha value is -0.900. The zero-order valence-electron chi connectivity index (χ0n) is 8.74. The molecule has 0 amide bonds. The maximum Gasteiger partial charge on any atom is 0.357 e. The van der Waals surface area contributed by atoms with Gasteiger partial charge in [0.25, 0.3) is 0 Å². The number of hydrogen-bond donors (Lipinski definition) is 0. The van der Waals surface area contributed by atoms with E-state index in [9.17, 15) is 4.79 Å². The van der Waals surface area contributed by atoms with Gasteiger partial charge in [-0.1, -0.05) is 13.8 Å². The van der Waals surface area contributed by atoms with Gasteiger partial charge in [-0.25, -0.2) is 9.78 Å². The molecule has 3 nitrogen and oxygen atoms in total. The van der Waals surface area contributed by atoms with E-state index in [-0.39, 0.29) is 5.97 Å². The average Bonchev–Trinajstić information content (AvgIpc) is 2.98. The van der Waals surface area contributed by atoms with Crippen LogP contribution < -0.4 is 0 Å². The number of hydrogen-bond acceptors (Lipinski definition) is 4. The Morgan fingerprint density at radius 3 is 2.71 bits per heavy atom. The van der Waals surface area contributed by atoms with Gasteiger partial charge in [-0.3, -0.25) is 0 Å². The van der Waals surface area contributed by atoms with Crippen molar-refractivity contribution >= 4 is 17.3 Å². The van der Waals surface area contributed by atoms with Crippen LogP contribution in [0.15, 0.2) is 5.51 Å². The first-order chi connectivity index (χ1) is 6.83. The Morgan fingerprint density at radius 1 is 1.57 bits per heavy atom. The molecule has 0 unspecified atom stereocenters. The van der Waals surface area contributed by atoms with E-state index in [4.69, 9.17) is 0 Å². The van der Waals surface area contributed by atoms with Gasteiger partial charge in [0.15, 0.2) is 5.69 Å². The van der Waals surface area contributed by atoms with E-state index in [2.05, 4.69) is 9.72 Å². The molecule has 1 aromatic rings. The summed E-state index contributed by atoms with van der Waals surface area (Å²) in [6.45, 7) is 4.00. The summed E-state index contributed by atoms with van der Waals surface area (Å²) >= 11 is 1.55. The molecule has 1 fully saturated rings. The van der Waals surface area contributed by atoms with E-state index in [1.165, 1.54) is 20.0 Å². The fourth-order valence-electron chi connectivity index (χ4n) is 1.14. The first-order valence-corrected chi connectivity index (χ1v) is 5.72. The Bertz CT molecular complexity index is 305. The minimum atomic E-state index is -0.307. The molecule has 0 aliphatic heterocycles. The van der Waals surface area contributed by atoms with Crippen molar-refractivity contribution < 1.29 is 9.53 Å². The highest BCUT2D eigenvalue weighted by atomic mass is 32.1. The summed E-state index contributed by atoms with van der Waals surface area (Å²) in [5.41, 5.74) is 2.23. The topological polar surface area (TPSA) is 39.2 Å². The number of esters is 1. The molecule has 1 saturated carbocycles. The second-order valence-corrected chi connectivity index (χ2v) is 3.72. The van der Waals surface area contributed by atoms with Crippen molar-refractivity contribution in [3.8, 4) is 0 Å². The SMILES string of the molecule is CC.COC(=O)c1ncsc1C1CC1. The monoisotopic (exact) mass is 213 g/mol. The lowest BCUT2D eigenvalue weighted by molar-refractivity contribution is 0.0593. The lowest BCUT2D eigenvalue weighted by atomic mass is 10.3. The van der Waals surface area contributed by atoms with Gasteiger partial charge >= 0.3 is 5.97 Å². The molecule has 0 radical (unpaired) electrons. The number of aromatic nitrogens is 1. The number of carbonyl (C=O) groups excluding carboxylic acids is 1. The van der Waals surface area contributed by atoms with Gasteiger partial charge in [0, 0.05) is 4.88 Å². The van der Waals surface area contributed by atoms with Gasteiger partial charge in [0.2, 0.25) is 0 Å². The van der Waals surface area contributed by atoms with Crippen LogP contribution in [0.25, 0.3) is 0 Å². The zero-order chi connectivity index (χ0) is 10.6. The van der Waals surface area contributed by atoms with Crippen LogP contribution in [0.2, 0.25) is 0 Å². The highest BCUT2D eigenvalue weighted by molar-refractivity contribution is 7.10. The van der Waals surface area contributed by atoms with Gasteiger partial charge in [0.1, 0.15) is 0 Å². The summed E-state index contributed by atoms with van der Waals surface area (Å²) in [5, 5.41) is 0. The van der Waals surface area contributed by atoms with Crippen LogP contribution in [0.5, 0.6) is 0 Å². The molecular weight excluding hydrogens is 198 g/mol. The Labute approximate surface area is 88.1 Å². The molecule has 78 valence electrons. The van der Waals surface area contributed by atoms with Crippen LogP contribution in [0.3, 0.4) is 0 Å². The predicted molar refractivity (Wildman–Crippen MR) is 56.8 cm³/mol. The Kier molecular flexibility index (Phi) is 4.07. The fraction of sp³-hybridized carbons (Fsp3) is 0.600. The molecule has 1 heterocycles. The summed E-state index contributed by atoms with van der Waals surface area (Å²) in [7, 11) is 1.39. The Balaban J connectivity index is 0.000000461. The zero-order valence-corrected chi connectivity index (χ0v) is 9.56. The van der Waals surface area contributed by atoms with Crippen LogP contribution in [-0.4, -0.2) is 18.1 Å². The van der Waals surface area contributed by atoms with E-state index < -0.39 is 0 Å². The molecule has 0 saturated heterocycles. The summed E-state index contributed by atoms with van der Waals surface area (Å²) < 4.78 is 4.62. The first kappa shape index (κ1) is 11.2. The summed E-state index contributed by atoms with van der Waals surface area (Å²) in [5.74, 6) is 0.268. The number of carbonyl (C=O) groups is 1. The fourth-order valence-corrected chi connectivity index (χ4v) is 2.09. The summed E-state index contributed by atoms with van der Waals surface area (Å²) in [6.07, 6.45) is 2.37. The number of methoxy groups -OCH3 is 1. The number of ether oxygens (including phenoxy) is 1. The van der Waals surface area contributed by atoms with Crippen LogP contribution in [0.1, 0.15) is 48.0 Å². The number of thiazole rings is 1. The molecule has 4 heteroatoms. The quantitative estimate of drug-likeness (QED) is 0.709. The van der Waals surface area contributed by atoms with Crippen LogP contribution >= 0.6 is 11.3 Å². The smallest absolute Gasteiger partial charge is 0.357 e. The molecule has 14 heavy (non-hydrogen) atoms. The van der Waals surface area contributed by atoms with Crippen LogP contribution in [0.4, 0.5) is 0 Å². The Morgan fingerprint density at radius 2 is 2.21 bits per heavy atom. The lowest BCUT2D eigenvalue weighted by Crippen LogP contribution is -2.03. The van der Waals surface area contributed by atoms with Gasteiger partial charge in [-0.05, 0) is 18.8 Å². The molecule has 0 spiro atoms. The largest absolute Gasteiger partial charge is 0.464 e. The van der Waals surface area contributed by atoms with Crippen molar-refractivity contribution in [1.82, 2.24) is 4.98 Å². The number of rotatable bonds is 2. The van der Waals surface area contributed by atoms with Crippen molar-refractivity contribution in [2.45, 2.75) is 32.6 Å². The van der Waals surface area contributed by atoms with E-state index >= 15 is 0 Å². The molecule has 0 N–H and O–H groups in total. The minimum absolute atomic E-state index is 0.307. The van der Waals surface area contributed by atoms with Gasteiger partial charge in [-0.15, -0.1) is 11.3 Å². The third-order valence-corrected chi connectivity index (χ3v) is 2.91. The van der Waals surface area contributed by atoms with Crippen molar-refractivity contribution in [1.29, 1.82) is 0 Å². The minimum Gasteiger partial charge on any atom is -0.464 e. The van der Waals surface area contributed by atoms with Crippen molar-refractivity contribution in [2.75, 3.05) is 7.11 Å². The van der Waals surface area contributed by atoms with E-state index in [0.29, 0.717) is 11.6 Å². The van der Waals surface area contributed by atoms with Crippen molar-refractivity contribution in [3.63, 3.8) is 0 Å². The normalized spacial score (nSPS) is 14.2. The molecule has 0 atom stereocenters. The molecule has 0 aromatic carbocycles. The number of nitrogens with zero attached hydrogens (tertiary/aromatic N) is 1. The predicted octanol–water partition coefficient (Wildman–Crippen LogP) is 2.83. The van der Waals surface area contributed by atoms with E-state index in [1.54, 1.807) is 16.8 Å². The molecule has 1 aromatic heterocycles. The second-order valence-electron chi connectivity index (χ2n) is 2.83. The first-order valence-electron chi connectivity index (χ1n) is 4.84. The highest BCUT2D eigenvalue weighted by Crippen LogP contribution is 2.43. The van der Waals surface area contributed by atoms with Gasteiger partial charge in [0.05, 0.1) is 12.6 Å². The van der Waals surface area contributed by atoms with Crippen LogP contribution in [0, 0.1) is 0 Å². The summed E-state index contributed by atoms with van der Waals surface area (Å²) in [6, 6.07) is 0. The third kappa shape index (κ3) is 2.32.